The number of ether oxygens (including phenoxy) is 1. The van der Waals surface area contributed by atoms with E-state index in [0.717, 1.165) is 47.6 Å². The summed E-state index contributed by atoms with van der Waals surface area (Å²) in [5.74, 6) is -1.47. The number of aliphatic hydroxyl groups is 1. The maximum absolute atomic E-state index is 14.4. The lowest BCUT2D eigenvalue weighted by Crippen LogP contribution is -2.50. The number of piperidine rings is 1. The first-order chi connectivity index (χ1) is 19.9. The van der Waals surface area contributed by atoms with Crippen molar-refractivity contribution in [1.82, 2.24) is 9.80 Å². The van der Waals surface area contributed by atoms with Gasteiger partial charge in [0, 0.05) is 37.8 Å². The molecule has 0 radical (unpaired) electrons. The monoisotopic (exact) mass is 578 g/mol. The van der Waals surface area contributed by atoms with Gasteiger partial charge in [-0.25, -0.2) is 13.6 Å². The number of aryl methyl sites for hydroxylation is 2. The third kappa shape index (κ3) is 8.39. The third-order valence-electron chi connectivity index (χ3n) is 8.10. The second kappa shape index (κ2) is 13.8. The second-order valence-electron chi connectivity index (χ2n) is 12.5. The predicted octanol–water partition coefficient (Wildman–Crippen LogP) is 7.87. The Labute approximate surface area is 249 Å². The van der Waals surface area contributed by atoms with Crippen molar-refractivity contribution in [1.29, 1.82) is 0 Å². The summed E-state index contributed by atoms with van der Waals surface area (Å²) in [5.41, 5.74) is 3.97. The first-order valence-electron chi connectivity index (χ1n) is 14.9. The summed E-state index contributed by atoms with van der Waals surface area (Å²) in [6, 6.07) is 18.7. The van der Waals surface area contributed by atoms with Gasteiger partial charge in [0.1, 0.15) is 17.2 Å². The molecule has 42 heavy (non-hydrogen) atoms. The van der Waals surface area contributed by atoms with E-state index >= 15 is 0 Å². The Bertz CT molecular complexity index is 1290. The number of benzene rings is 3. The molecule has 3 aromatic carbocycles. The fraction of sp³-hybridized carbons (Fsp3) is 0.457. The Kier molecular flexibility index (Phi) is 10.4. The summed E-state index contributed by atoms with van der Waals surface area (Å²) in [6.45, 7) is 11.2. The number of carbonyl (C=O) groups excluding carboxylic acids is 1. The fourth-order valence-electron chi connectivity index (χ4n) is 5.83. The number of hydrogen-bond donors (Lipinski definition) is 1. The van der Waals surface area contributed by atoms with E-state index in [4.69, 9.17) is 4.74 Å². The lowest BCUT2D eigenvalue weighted by Gasteiger charge is -2.42. The average molecular weight is 579 g/mol. The Hall–Kier alpha value is -3.29. The minimum Gasteiger partial charge on any atom is -0.444 e. The van der Waals surface area contributed by atoms with Crippen LogP contribution in [0.25, 0.3) is 0 Å². The van der Waals surface area contributed by atoms with E-state index in [1.807, 2.05) is 45.0 Å². The molecule has 1 aliphatic rings. The van der Waals surface area contributed by atoms with Crippen molar-refractivity contribution < 1.29 is 23.4 Å². The van der Waals surface area contributed by atoms with E-state index in [2.05, 4.69) is 43.0 Å². The number of nitrogens with zero attached hydrogens (tertiary/aromatic N) is 2. The summed E-state index contributed by atoms with van der Waals surface area (Å²) in [7, 11) is 0. The van der Waals surface area contributed by atoms with Crippen LogP contribution in [0.4, 0.5) is 13.6 Å². The van der Waals surface area contributed by atoms with Gasteiger partial charge >= 0.3 is 6.09 Å². The van der Waals surface area contributed by atoms with Crippen LogP contribution in [0.2, 0.25) is 0 Å². The molecule has 5 nitrogen and oxygen atoms in total. The summed E-state index contributed by atoms with van der Waals surface area (Å²) in [4.78, 5) is 17.3. The lowest BCUT2D eigenvalue weighted by molar-refractivity contribution is -0.0116. The van der Waals surface area contributed by atoms with Crippen LogP contribution < -0.4 is 0 Å². The van der Waals surface area contributed by atoms with Crippen molar-refractivity contribution in [2.24, 2.45) is 0 Å². The van der Waals surface area contributed by atoms with Gasteiger partial charge in [-0.1, -0.05) is 48.5 Å². The second-order valence-corrected chi connectivity index (χ2v) is 12.5. The molecule has 226 valence electrons. The summed E-state index contributed by atoms with van der Waals surface area (Å²) in [6.07, 6.45) is 1.40. The van der Waals surface area contributed by atoms with Gasteiger partial charge in [0.25, 0.3) is 0 Å². The highest BCUT2D eigenvalue weighted by atomic mass is 19.1. The van der Waals surface area contributed by atoms with E-state index in [0.29, 0.717) is 26.1 Å². The number of carbonyl (C=O) groups is 1. The van der Waals surface area contributed by atoms with Crippen LogP contribution in [0, 0.1) is 25.5 Å². The predicted molar refractivity (Wildman–Crippen MR) is 162 cm³/mol. The van der Waals surface area contributed by atoms with Crippen molar-refractivity contribution in [2.45, 2.75) is 97.2 Å². The van der Waals surface area contributed by atoms with Gasteiger partial charge in [0.2, 0.25) is 0 Å². The smallest absolute Gasteiger partial charge is 0.410 e. The van der Waals surface area contributed by atoms with Gasteiger partial charge in [-0.15, -0.1) is 0 Å². The van der Waals surface area contributed by atoms with Crippen LogP contribution in [0.1, 0.15) is 80.4 Å². The standard InChI is InChI=1S/C35H44F2N2O3/c1-24-12-6-8-14-26(24)22-38(23-27-15-9-7-13-25(27)2)32(33(40)28-18-29(36)20-30(37)19-28)21-31-16-10-11-17-39(31)34(41)42-35(3,4)5/h6-9,12-15,18-20,31-33,40H,10-11,16-17,21-23H2,1-5H3/t31-,32?,33?/m1/s1. The normalized spacial score (nSPS) is 17.3. The van der Waals surface area contributed by atoms with Crippen LogP contribution in [0.5, 0.6) is 0 Å². The maximum Gasteiger partial charge on any atom is 0.410 e. The van der Waals surface area contributed by atoms with E-state index in [1.165, 1.54) is 12.1 Å². The van der Waals surface area contributed by atoms with E-state index in [9.17, 15) is 18.7 Å². The molecular weight excluding hydrogens is 534 g/mol. The van der Waals surface area contributed by atoms with Crippen LogP contribution in [0.15, 0.2) is 66.7 Å². The molecule has 4 rings (SSSR count). The fourth-order valence-corrected chi connectivity index (χ4v) is 5.83. The van der Waals surface area contributed by atoms with Gasteiger partial charge in [-0.3, -0.25) is 4.90 Å². The molecule has 1 aliphatic heterocycles. The van der Waals surface area contributed by atoms with Crippen LogP contribution in [0.3, 0.4) is 0 Å². The van der Waals surface area contributed by atoms with Crippen LogP contribution in [-0.4, -0.2) is 45.2 Å². The number of aliphatic hydroxyl groups excluding tert-OH is 1. The zero-order valence-corrected chi connectivity index (χ0v) is 25.4. The zero-order chi connectivity index (χ0) is 30.4. The summed E-state index contributed by atoms with van der Waals surface area (Å²) < 4.78 is 34.6. The topological polar surface area (TPSA) is 53.0 Å². The molecule has 0 saturated carbocycles. The minimum absolute atomic E-state index is 0.177. The number of rotatable bonds is 9. The molecule has 1 saturated heterocycles. The van der Waals surface area contributed by atoms with E-state index in [1.54, 1.807) is 4.90 Å². The van der Waals surface area contributed by atoms with Crippen molar-refractivity contribution in [2.75, 3.05) is 6.54 Å². The van der Waals surface area contributed by atoms with Gasteiger partial charge in [0.15, 0.2) is 0 Å². The Balaban J connectivity index is 1.77. The largest absolute Gasteiger partial charge is 0.444 e. The first-order valence-corrected chi connectivity index (χ1v) is 14.9. The van der Waals surface area contributed by atoms with Gasteiger partial charge in [-0.05, 0) is 100 Å². The molecule has 0 aliphatic carbocycles. The van der Waals surface area contributed by atoms with Gasteiger partial charge in [0.05, 0.1) is 6.10 Å². The Morgan fingerprint density at radius 2 is 1.50 bits per heavy atom. The number of likely N-dealkylation sites (tertiary alicyclic amines) is 1. The molecule has 7 heteroatoms. The number of amides is 1. The maximum atomic E-state index is 14.4. The highest BCUT2D eigenvalue weighted by Gasteiger charge is 2.37. The molecule has 3 atom stereocenters. The average Bonchev–Trinajstić information content (AvgIpc) is 2.92. The van der Waals surface area contributed by atoms with Crippen molar-refractivity contribution in [3.05, 3.63) is 106 Å². The minimum atomic E-state index is -1.20. The first kappa shape index (κ1) is 31.6. The molecule has 1 N–H and O–H groups in total. The van der Waals surface area contributed by atoms with Crippen molar-refractivity contribution in [3.8, 4) is 0 Å². The molecule has 0 bridgehead atoms. The van der Waals surface area contributed by atoms with Crippen LogP contribution >= 0.6 is 0 Å². The number of halogens is 2. The molecule has 1 fully saturated rings. The lowest BCUT2D eigenvalue weighted by atomic mass is 9.89. The Morgan fingerprint density at radius 1 is 0.952 bits per heavy atom. The summed E-state index contributed by atoms with van der Waals surface area (Å²) in [5, 5.41) is 11.9. The third-order valence-corrected chi connectivity index (χ3v) is 8.10. The van der Waals surface area contributed by atoms with Crippen molar-refractivity contribution >= 4 is 6.09 Å². The van der Waals surface area contributed by atoms with Gasteiger partial charge in [-0.2, -0.15) is 0 Å². The summed E-state index contributed by atoms with van der Waals surface area (Å²) >= 11 is 0. The molecule has 1 amide bonds. The Morgan fingerprint density at radius 3 is 2.02 bits per heavy atom. The quantitative estimate of drug-likeness (QED) is 0.281. The van der Waals surface area contributed by atoms with E-state index in [-0.39, 0.29) is 17.7 Å². The van der Waals surface area contributed by atoms with Crippen LogP contribution in [-0.2, 0) is 17.8 Å². The highest BCUT2D eigenvalue weighted by molar-refractivity contribution is 5.68. The molecule has 0 aromatic heterocycles. The molecular formula is C35H44F2N2O3. The molecule has 2 unspecified atom stereocenters. The highest BCUT2D eigenvalue weighted by Crippen LogP contribution is 2.33. The SMILES string of the molecule is Cc1ccccc1CN(Cc1ccccc1C)C(C[C@H]1CCCCN1C(=O)OC(C)(C)C)C(O)c1cc(F)cc(F)c1. The number of hydrogen-bond acceptors (Lipinski definition) is 4. The molecule has 0 spiro atoms. The van der Waals surface area contributed by atoms with Gasteiger partial charge < -0.3 is 14.7 Å². The molecule has 1 heterocycles. The van der Waals surface area contributed by atoms with E-state index < -0.39 is 29.4 Å². The molecule has 3 aromatic rings. The zero-order valence-electron chi connectivity index (χ0n) is 25.4. The van der Waals surface area contributed by atoms with Crippen molar-refractivity contribution in [3.63, 3.8) is 0 Å².